The quantitative estimate of drug-likeness (QED) is 0.563. The molecule has 3 heteroatoms. The van der Waals surface area contributed by atoms with Gasteiger partial charge in [-0.2, -0.15) is 5.10 Å². The highest BCUT2D eigenvalue weighted by Crippen LogP contribution is 2.43. The summed E-state index contributed by atoms with van der Waals surface area (Å²) >= 11 is 0. The fourth-order valence-corrected chi connectivity index (χ4v) is 5.51. The number of amides is 1. The number of carbonyl (C=O) groups is 1. The smallest absolute Gasteiger partial charge is 0.243 e. The van der Waals surface area contributed by atoms with Crippen LogP contribution in [0.15, 0.2) is 5.10 Å². The minimum absolute atomic E-state index is 0.197. The van der Waals surface area contributed by atoms with Crippen LogP contribution in [-0.4, -0.2) is 11.6 Å². The Bertz CT molecular complexity index is 470. The van der Waals surface area contributed by atoms with Crippen molar-refractivity contribution in [3.05, 3.63) is 0 Å². The summed E-state index contributed by atoms with van der Waals surface area (Å²) < 4.78 is 0. The second kappa shape index (κ2) is 8.01. The van der Waals surface area contributed by atoms with E-state index >= 15 is 0 Å². The molecule has 0 aromatic heterocycles. The molecular weight excluding hydrogens is 296 g/mol. The molecule has 3 aliphatic rings. The lowest BCUT2D eigenvalue weighted by atomic mass is 9.65. The van der Waals surface area contributed by atoms with Crippen LogP contribution in [0.1, 0.15) is 85.0 Å². The molecular formula is C21H36N2O. The number of nitrogens with zero attached hydrogens (tertiary/aromatic N) is 1. The van der Waals surface area contributed by atoms with Crippen molar-refractivity contribution >= 4 is 11.6 Å². The Morgan fingerprint density at radius 1 is 0.917 bits per heavy atom. The van der Waals surface area contributed by atoms with Gasteiger partial charge < -0.3 is 0 Å². The first-order chi connectivity index (χ1) is 11.6. The topological polar surface area (TPSA) is 41.5 Å². The van der Waals surface area contributed by atoms with Crippen LogP contribution in [0.5, 0.6) is 0 Å². The third kappa shape index (κ3) is 4.03. The first kappa shape index (κ1) is 17.9. The highest BCUT2D eigenvalue weighted by atomic mass is 16.2. The Morgan fingerprint density at radius 3 is 2.46 bits per heavy atom. The maximum absolute atomic E-state index is 12.7. The second-order valence-corrected chi connectivity index (χ2v) is 8.94. The Kier molecular flexibility index (Phi) is 5.99. The summed E-state index contributed by atoms with van der Waals surface area (Å²) in [6.07, 6.45) is 12.6. The van der Waals surface area contributed by atoms with Gasteiger partial charge in [0.25, 0.3) is 0 Å². The first-order valence-electron chi connectivity index (χ1n) is 10.4. The SMILES string of the molecule is C/C(=N\NC(=O)C1CCCC2CCCCC21)C1CCC(C)C(C)C1. The maximum Gasteiger partial charge on any atom is 0.243 e. The van der Waals surface area contributed by atoms with Gasteiger partial charge in [0.15, 0.2) is 0 Å². The lowest BCUT2D eigenvalue weighted by Gasteiger charge is -2.40. The first-order valence-corrected chi connectivity index (χ1v) is 10.4. The molecule has 3 saturated carbocycles. The maximum atomic E-state index is 12.7. The van der Waals surface area contributed by atoms with Crippen molar-refractivity contribution in [1.82, 2.24) is 5.43 Å². The van der Waals surface area contributed by atoms with Gasteiger partial charge in [-0.05, 0) is 68.6 Å². The average Bonchev–Trinajstić information content (AvgIpc) is 2.61. The van der Waals surface area contributed by atoms with Gasteiger partial charge in [-0.25, -0.2) is 5.43 Å². The van der Waals surface area contributed by atoms with E-state index in [0.717, 1.165) is 29.9 Å². The molecule has 0 radical (unpaired) electrons. The molecule has 3 nitrogen and oxygen atoms in total. The standard InChI is InChI=1S/C21H36N2O/c1-14-11-12-18(13-15(14)2)16(3)22-23-21(24)20-10-6-8-17-7-4-5-9-19(17)20/h14-15,17-20H,4-13H2,1-3H3,(H,23,24)/b22-16+. The van der Waals surface area contributed by atoms with Gasteiger partial charge in [-0.3, -0.25) is 4.79 Å². The van der Waals surface area contributed by atoms with Gasteiger partial charge >= 0.3 is 0 Å². The number of nitrogens with one attached hydrogen (secondary N) is 1. The van der Waals surface area contributed by atoms with E-state index in [1.165, 1.54) is 57.8 Å². The van der Waals surface area contributed by atoms with Crippen LogP contribution < -0.4 is 5.43 Å². The summed E-state index contributed by atoms with van der Waals surface area (Å²) in [6.45, 7) is 6.82. The molecule has 0 saturated heterocycles. The Morgan fingerprint density at radius 2 is 1.67 bits per heavy atom. The number of rotatable bonds is 3. The molecule has 0 heterocycles. The molecule has 0 bridgehead atoms. The molecule has 6 unspecified atom stereocenters. The molecule has 1 N–H and O–H groups in total. The number of hydrazone groups is 1. The van der Waals surface area contributed by atoms with E-state index in [2.05, 4.69) is 31.3 Å². The van der Waals surface area contributed by atoms with Crippen molar-refractivity contribution in [2.45, 2.75) is 85.0 Å². The lowest BCUT2D eigenvalue weighted by Crippen LogP contribution is -2.40. The molecule has 24 heavy (non-hydrogen) atoms. The number of fused-ring (bicyclic) bond motifs is 1. The van der Waals surface area contributed by atoms with Gasteiger partial charge in [0.1, 0.15) is 0 Å². The summed E-state index contributed by atoms with van der Waals surface area (Å²) in [6, 6.07) is 0. The Labute approximate surface area is 148 Å². The molecule has 0 aliphatic heterocycles. The van der Waals surface area contributed by atoms with Crippen LogP contribution in [0.2, 0.25) is 0 Å². The third-order valence-corrected chi connectivity index (χ3v) is 7.44. The Balaban J connectivity index is 1.56. The fraction of sp³-hybridized carbons (Fsp3) is 0.905. The van der Waals surface area contributed by atoms with Gasteiger partial charge in [-0.15, -0.1) is 0 Å². The van der Waals surface area contributed by atoms with Gasteiger partial charge in [0.2, 0.25) is 5.91 Å². The molecule has 1 amide bonds. The monoisotopic (exact) mass is 332 g/mol. The van der Waals surface area contributed by atoms with E-state index in [4.69, 9.17) is 0 Å². The highest BCUT2D eigenvalue weighted by Gasteiger charge is 2.38. The minimum atomic E-state index is 0.197. The highest BCUT2D eigenvalue weighted by molar-refractivity contribution is 5.87. The van der Waals surface area contributed by atoms with Crippen LogP contribution in [0.4, 0.5) is 0 Å². The summed E-state index contributed by atoms with van der Waals surface area (Å²) in [7, 11) is 0. The number of hydrogen-bond donors (Lipinski definition) is 1. The zero-order valence-electron chi connectivity index (χ0n) is 15.9. The van der Waals surface area contributed by atoms with Crippen molar-refractivity contribution in [2.75, 3.05) is 0 Å². The van der Waals surface area contributed by atoms with Gasteiger partial charge in [0, 0.05) is 11.6 Å². The fourth-order valence-electron chi connectivity index (χ4n) is 5.51. The zero-order chi connectivity index (χ0) is 17.1. The molecule has 0 spiro atoms. The summed E-state index contributed by atoms with van der Waals surface area (Å²) in [5.41, 5.74) is 4.09. The van der Waals surface area contributed by atoms with Crippen molar-refractivity contribution in [2.24, 2.45) is 40.6 Å². The summed E-state index contributed by atoms with van der Waals surface area (Å²) in [4.78, 5) is 12.7. The predicted octanol–water partition coefficient (Wildman–Crippen LogP) is 5.16. The molecule has 3 rings (SSSR count). The van der Waals surface area contributed by atoms with Crippen molar-refractivity contribution in [3.63, 3.8) is 0 Å². The van der Waals surface area contributed by atoms with Crippen LogP contribution in [0.3, 0.4) is 0 Å². The lowest BCUT2D eigenvalue weighted by molar-refractivity contribution is -0.129. The van der Waals surface area contributed by atoms with Crippen LogP contribution in [0, 0.1) is 35.5 Å². The van der Waals surface area contributed by atoms with E-state index in [0.29, 0.717) is 11.8 Å². The van der Waals surface area contributed by atoms with Crippen LogP contribution in [-0.2, 0) is 4.79 Å². The number of carbonyl (C=O) groups excluding carboxylic acids is 1. The van der Waals surface area contributed by atoms with Crippen LogP contribution in [0.25, 0.3) is 0 Å². The van der Waals surface area contributed by atoms with Crippen molar-refractivity contribution in [1.29, 1.82) is 0 Å². The summed E-state index contributed by atoms with van der Waals surface area (Å²) in [5.74, 6) is 3.99. The van der Waals surface area contributed by atoms with Gasteiger partial charge in [0.05, 0.1) is 0 Å². The van der Waals surface area contributed by atoms with E-state index in [1.54, 1.807) is 0 Å². The molecule has 0 aromatic carbocycles. The van der Waals surface area contributed by atoms with E-state index in [1.807, 2.05) is 0 Å². The van der Waals surface area contributed by atoms with Gasteiger partial charge in [-0.1, -0.05) is 46.0 Å². The minimum Gasteiger partial charge on any atom is -0.273 e. The molecule has 136 valence electrons. The largest absolute Gasteiger partial charge is 0.273 e. The Hall–Kier alpha value is -0.860. The second-order valence-electron chi connectivity index (χ2n) is 8.94. The molecule has 3 aliphatic carbocycles. The van der Waals surface area contributed by atoms with Crippen molar-refractivity contribution < 1.29 is 4.79 Å². The van der Waals surface area contributed by atoms with Crippen molar-refractivity contribution in [3.8, 4) is 0 Å². The normalized spacial score (nSPS) is 40.7. The number of hydrogen-bond acceptors (Lipinski definition) is 2. The summed E-state index contributed by atoms with van der Waals surface area (Å²) in [5, 5.41) is 4.54. The van der Waals surface area contributed by atoms with Crippen LogP contribution >= 0.6 is 0 Å². The van der Waals surface area contributed by atoms with E-state index in [9.17, 15) is 4.79 Å². The molecule has 0 aromatic rings. The average molecular weight is 333 g/mol. The van der Waals surface area contributed by atoms with E-state index in [-0.39, 0.29) is 11.8 Å². The molecule has 6 atom stereocenters. The zero-order valence-corrected chi connectivity index (χ0v) is 15.9. The predicted molar refractivity (Wildman–Crippen MR) is 99.7 cm³/mol. The molecule has 3 fully saturated rings. The van der Waals surface area contributed by atoms with E-state index < -0.39 is 0 Å². The third-order valence-electron chi connectivity index (χ3n) is 7.44.